The van der Waals surface area contributed by atoms with E-state index in [9.17, 15) is 28.8 Å². The number of aromatic nitrogens is 3. The zero-order valence-electron chi connectivity index (χ0n) is 16.1. The first-order valence-electron chi connectivity index (χ1n) is 9.08. The van der Waals surface area contributed by atoms with E-state index >= 15 is 0 Å². The minimum Gasteiger partial charge on any atom is -0.481 e. The zero-order valence-corrected chi connectivity index (χ0v) is 16.9. The van der Waals surface area contributed by atoms with Gasteiger partial charge in [0.1, 0.15) is 0 Å². The van der Waals surface area contributed by atoms with Crippen LogP contribution in [0.2, 0.25) is 0 Å². The van der Waals surface area contributed by atoms with Gasteiger partial charge >= 0.3 is 23.3 Å². The summed E-state index contributed by atoms with van der Waals surface area (Å²) in [5, 5.41) is 20.0. The number of carbonyl (C=O) groups excluding carboxylic acids is 2. The molecule has 2 heterocycles. The van der Waals surface area contributed by atoms with Gasteiger partial charge in [0.05, 0.1) is 24.3 Å². The van der Waals surface area contributed by atoms with Crippen LogP contribution in [0, 0.1) is 0 Å². The van der Waals surface area contributed by atoms with Crippen molar-refractivity contribution >= 4 is 36.3 Å². The van der Waals surface area contributed by atoms with Crippen LogP contribution in [0.1, 0.15) is 38.3 Å². The van der Waals surface area contributed by atoms with E-state index in [1.165, 1.54) is 12.2 Å². The summed E-state index contributed by atoms with van der Waals surface area (Å²) in [5.74, 6) is -4.11. The Morgan fingerprint density at radius 3 is 2.30 bits per heavy atom. The molecular weight excluding hydrogens is 420 g/mol. The Kier molecular flexibility index (Phi) is 7.43. The number of thiol groups is 1. The number of nitrogens with zero attached hydrogens (tertiary/aromatic N) is 3. The van der Waals surface area contributed by atoms with Gasteiger partial charge in [-0.1, -0.05) is 12.2 Å². The number of nitrogens with one attached hydrogen (secondary N) is 1. The summed E-state index contributed by atoms with van der Waals surface area (Å²) in [5.41, 5.74) is -1.51. The summed E-state index contributed by atoms with van der Waals surface area (Å²) < 4.78 is 2.84. The number of hydrogen-bond acceptors (Lipinski definition) is 7. The number of ketones is 1. The topological polar surface area (TPSA) is 170 Å². The molecule has 0 aromatic carbocycles. The predicted molar refractivity (Wildman–Crippen MR) is 106 cm³/mol. The van der Waals surface area contributed by atoms with Crippen molar-refractivity contribution in [3.8, 4) is 0 Å². The number of Topliss-reactive ketones (excluding diaryl/α,β-unsaturated/α-hetero) is 1. The lowest BCUT2D eigenvalue weighted by atomic mass is 10.1. The number of allylic oxidation sites excluding steroid dienone is 1. The second kappa shape index (κ2) is 9.61. The van der Waals surface area contributed by atoms with Gasteiger partial charge in [0, 0.05) is 13.0 Å². The maximum Gasteiger partial charge on any atom is 0.348 e. The van der Waals surface area contributed by atoms with Crippen LogP contribution in [0.25, 0.3) is 0 Å². The highest BCUT2D eigenvalue weighted by Gasteiger charge is 2.33. The highest BCUT2D eigenvalue weighted by Crippen LogP contribution is 2.18. The van der Waals surface area contributed by atoms with Gasteiger partial charge in [-0.25, -0.2) is 23.5 Å². The lowest BCUT2D eigenvalue weighted by Crippen LogP contribution is -2.48. The average molecular weight is 442 g/mol. The van der Waals surface area contributed by atoms with Crippen LogP contribution >= 0.6 is 12.6 Å². The quantitative estimate of drug-likeness (QED) is 0.259. The first-order chi connectivity index (χ1) is 14.1. The molecule has 30 heavy (non-hydrogen) atoms. The van der Waals surface area contributed by atoms with E-state index in [1.54, 1.807) is 6.92 Å². The predicted octanol–water partition coefficient (Wildman–Crippen LogP) is -1.19. The third-order valence-corrected chi connectivity index (χ3v) is 4.90. The molecule has 0 radical (unpaired) electrons. The first-order valence-corrected chi connectivity index (χ1v) is 9.71. The number of rotatable bonds is 10. The van der Waals surface area contributed by atoms with Crippen LogP contribution in [0.4, 0.5) is 0 Å². The molecule has 1 aliphatic heterocycles. The first kappa shape index (κ1) is 23.2. The molecule has 1 amide bonds. The second-order valence-electron chi connectivity index (χ2n) is 6.76. The molecule has 0 bridgehead atoms. The molecule has 2 rings (SSSR count). The molecule has 0 unspecified atom stereocenters. The third-order valence-electron chi connectivity index (χ3n) is 4.59. The number of carboxylic acid groups (broad SMARTS) is 2. The van der Waals surface area contributed by atoms with E-state index in [-0.39, 0.29) is 25.1 Å². The SMILES string of the molecule is C[C@@H]1C=C[C@@H](C(=O)N[C@@H](CC(=O)O)C(=O)CS)n2c(=O)n(CCCC(=O)O)c(=O)n21. The van der Waals surface area contributed by atoms with Gasteiger partial charge in [0.25, 0.3) is 0 Å². The van der Waals surface area contributed by atoms with Crippen molar-refractivity contribution in [3.05, 3.63) is 33.1 Å². The maximum absolute atomic E-state index is 12.8. The minimum absolute atomic E-state index is 0.0459. The summed E-state index contributed by atoms with van der Waals surface area (Å²) in [4.78, 5) is 71.8. The molecule has 1 aromatic rings. The van der Waals surface area contributed by atoms with Crippen molar-refractivity contribution in [1.82, 2.24) is 19.2 Å². The van der Waals surface area contributed by atoms with Gasteiger partial charge in [-0.3, -0.25) is 19.2 Å². The Balaban J connectivity index is 2.37. The van der Waals surface area contributed by atoms with Gasteiger partial charge in [0.15, 0.2) is 11.8 Å². The van der Waals surface area contributed by atoms with E-state index in [0.29, 0.717) is 0 Å². The molecule has 164 valence electrons. The van der Waals surface area contributed by atoms with Crippen molar-refractivity contribution in [3.63, 3.8) is 0 Å². The molecule has 0 fully saturated rings. The Morgan fingerprint density at radius 1 is 1.10 bits per heavy atom. The molecule has 0 aliphatic carbocycles. The van der Waals surface area contributed by atoms with Gasteiger partial charge in [0.2, 0.25) is 5.91 Å². The molecule has 3 N–H and O–H groups in total. The summed E-state index contributed by atoms with van der Waals surface area (Å²) in [7, 11) is 0. The smallest absolute Gasteiger partial charge is 0.348 e. The third kappa shape index (κ3) is 4.90. The molecule has 12 nitrogen and oxygen atoms in total. The number of hydrogen-bond donors (Lipinski definition) is 4. The molecule has 13 heteroatoms. The lowest BCUT2D eigenvalue weighted by Gasteiger charge is -2.25. The molecule has 1 aliphatic rings. The van der Waals surface area contributed by atoms with Gasteiger partial charge < -0.3 is 15.5 Å². The standard InChI is InChI=1S/C17H22N4O8S/c1-9-4-5-11(15(27)18-10(7-14(25)26)12(22)8-30)21-17(29)19(16(28)20(9)21)6-2-3-13(23)24/h4-5,9-11,30H,2-3,6-8H2,1H3,(H,18,27)(H,23,24)(H,25,26)/t9-,10+,11+/m1/s1. The summed E-state index contributed by atoms with van der Waals surface area (Å²) in [6, 6.07) is -3.18. The summed E-state index contributed by atoms with van der Waals surface area (Å²) in [6.45, 7) is 1.49. The van der Waals surface area contributed by atoms with Gasteiger partial charge in [-0.15, -0.1) is 0 Å². The Bertz CT molecular complexity index is 1000. The fourth-order valence-corrected chi connectivity index (χ4v) is 3.35. The van der Waals surface area contributed by atoms with Crippen molar-refractivity contribution < 1.29 is 29.4 Å². The van der Waals surface area contributed by atoms with Crippen LogP contribution < -0.4 is 16.7 Å². The minimum atomic E-state index is -1.34. The van der Waals surface area contributed by atoms with Crippen LogP contribution in [0.3, 0.4) is 0 Å². The number of carbonyl (C=O) groups is 4. The van der Waals surface area contributed by atoms with Crippen LogP contribution in [0.5, 0.6) is 0 Å². The Labute approximate surface area is 175 Å². The van der Waals surface area contributed by atoms with E-state index in [2.05, 4.69) is 17.9 Å². The highest BCUT2D eigenvalue weighted by molar-refractivity contribution is 7.81. The normalized spacial score (nSPS) is 18.5. The molecule has 0 saturated heterocycles. The molecule has 3 atom stereocenters. The van der Waals surface area contributed by atoms with E-state index in [1.807, 2.05) is 0 Å². The van der Waals surface area contributed by atoms with Crippen molar-refractivity contribution in [1.29, 1.82) is 0 Å². The summed E-state index contributed by atoms with van der Waals surface area (Å²) >= 11 is 3.81. The van der Waals surface area contributed by atoms with Crippen LogP contribution in [-0.2, 0) is 25.7 Å². The lowest BCUT2D eigenvalue weighted by molar-refractivity contribution is -0.140. The average Bonchev–Trinajstić information content (AvgIpc) is 2.92. The van der Waals surface area contributed by atoms with E-state index < -0.39 is 59.6 Å². The largest absolute Gasteiger partial charge is 0.481 e. The van der Waals surface area contributed by atoms with E-state index in [4.69, 9.17) is 10.2 Å². The van der Waals surface area contributed by atoms with Crippen LogP contribution in [-0.4, -0.2) is 59.6 Å². The molecule has 0 spiro atoms. The van der Waals surface area contributed by atoms with E-state index in [0.717, 1.165) is 13.9 Å². The zero-order chi connectivity index (χ0) is 22.6. The molecule has 1 aromatic heterocycles. The maximum atomic E-state index is 12.8. The number of amides is 1. The second-order valence-corrected chi connectivity index (χ2v) is 7.07. The van der Waals surface area contributed by atoms with Crippen LogP contribution in [0.15, 0.2) is 21.7 Å². The van der Waals surface area contributed by atoms with Crippen molar-refractivity contribution in [2.24, 2.45) is 0 Å². The Morgan fingerprint density at radius 2 is 1.73 bits per heavy atom. The molecular formula is C17H22N4O8S. The number of carboxylic acids is 2. The molecule has 0 saturated carbocycles. The van der Waals surface area contributed by atoms with Gasteiger partial charge in [-0.05, 0) is 13.3 Å². The number of aliphatic carboxylic acids is 2. The highest BCUT2D eigenvalue weighted by atomic mass is 32.1. The van der Waals surface area contributed by atoms with Crippen molar-refractivity contribution in [2.75, 3.05) is 5.75 Å². The van der Waals surface area contributed by atoms with Crippen molar-refractivity contribution in [2.45, 2.75) is 50.9 Å². The van der Waals surface area contributed by atoms with Gasteiger partial charge in [-0.2, -0.15) is 12.6 Å². The fraction of sp³-hybridized carbons (Fsp3) is 0.529. The number of fused-ring (bicyclic) bond motifs is 1. The Hall–Kier alpha value is -3.09. The monoisotopic (exact) mass is 442 g/mol. The fourth-order valence-electron chi connectivity index (χ4n) is 3.13. The summed E-state index contributed by atoms with van der Waals surface area (Å²) in [6.07, 6.45) is 2.06.